The number of aromatic nitrogens is 3. The number of nitrogens with two attached hydrogens (primary N) is 1. The maximum atomic E-state index is 12.6. The average molecular weight is 445 g/mol. The highest BCUT2D eigenvalue weighted by Crippen LogP contribution is 2.29. The molecule has 4 N–H and O–H groups in total. The molecule has 1 heterocycles. The van der Waals surface area contributed by atoms with Crippen molar-refractivity contribution in [2.45, 2.75) is 13.5 Å². The summed E-state index contributed by atoms with van der Waals surface area (Å²) in [5.41, 5.74) is 7.69. The normalized spacial score (nSPS) is 10.5. The van der Waals surface area contributed by atoms with Gasteiger partial charge in [0.25, 0.3) is 5.91 Å². The van der Waals surface area contributed by atoms with Crippen LogP contribution in [-0.2, 0) is 11.3 Å². The summed E-state index contributed by atoms with van der Waals surface area (Å²) in [6, 6.07) is 10.1. The molecule has 162 valence electrons. The number of nitrogens with zero attached hydrogens (tertiary/aromatic N) is 3. The first-order valence-electron chi connectivity index (χ1n) is 9.10. The largest absolute Gasteiger partial charge is 0.497 e. The number of aryl methyl sites for hydroxylation is 1. The monoisotopic (exact) mass is 444 g/mol. The first-order chi connectivity index (χ1) is 14.8. The van der Waals surface area contributed by atoms with Gasteiger partial charge in [0, 0.05) is 16.8 Å². The van der Waals surface area contributed by atoms with Crippen LogP contribution < -0.4 is 25.8 Å². The summed E-state index contributed by atoms with van der Waals surface area (Å²) in [5.74, 6) is -0.0804. The summed E-state index contributed by atoms with van der Waals surface area (Å²) in [6.07, 6.45) is 0. The van der Waals surface area contributed by atoms with Gasteiger partial charge in [-0.1, -0.05) is 22.9 Å². The van der Waals surface area contributed by atoms with E-state index in [2.05, 4.69) is 20.9 Å². The number of nitrogens with one attached hydrogen (secondary N) is 2. The number of anilines is 3. The van der Waals surface area contributed by atoms with E-state index in [0.717, 1.165) is 10.2 Å². The highest BCUT2D eigenvalue weighted by Gasteiger charge is 2.20. The fourth-order valence-corrected chi connectivity index (χ4v) is 2.91. The molecule has 0 saturated heterocycles. The molecule has 2 amide bonds. The number of hydrogen-bond acceptors (Lipinski definition) is 7. The van der Waals surface area contributed by atoms with Crippen LogP contribution in [0.2, 0.25) is 5.02 Å². The topological polar surface area (TPSA) is 133 Å². The number of benzene rings is 2. The van der Waals surface area contributed by atoms with E-state index in [1.54, 1.807) is 36.4 Å². The minimum Gasteiger partial charge on any atom is -0.497 e. The van der Waals surface area contributed by atoms with Crippen molar-refractivity contribution >= 4 is 40.6 Å². The van der Waals surface area contributed by atoms with Crippen molar-refractivity contribution in [2.24, 2.45) is 0 Å². The molecule has 0 radical (unpaired) electrons. The van der Waals surface area contributed by atoms with Gasteiger partial charge in [0.05, 0.1) is 19.9 Å². The third-order valence-electron chi connectivity index (χ3n) is 4.41. The molecular formula is C20H21ClN6O4. The molecular weight excluding hydrogens is 424 g/mol. The number of carbonyl (C=O) groups excluding carboxylic acids is 2. The molecule has 0 saturated carbocycles. The fraction of sp³-hybridized carbons (Fsp3) is 0.200. The van der Waals surface area contributed by atoms with Gasteiger partial charge < -0.3 is 25.8 Å². The van der Waals surface area contributed by atoms with Crippen molar-refractivity contribution in [1.29, 1.82) is 0 Å². The summed E-state index contributed by atoms with van der Waals surface area (Å²) >= 11 is 5.97. The zero-order valence-corrected chi connectivity index (χ0v) is 17.9. The highest BCUT2D eigenvalue weighted by atomic mass is 35.5. The minimum absolute atomic E-state index is 0.0528. The highest BCUT2D eigenvalue weighted by molar-refractivity contribution is 6.31. The maximum Gasteiger partial charge on any atom is 0.280 e. The lowest BCUT2D eigenvalue weighted by Gasteiger charge is -2.11. The lowest BCUT2D eigenvalue weighted by atomic mass is 10.2. The van der Waals surface area contributed by atoms with Crippen molar-refractivity contribution < 1.29 is 19.1 Å². The summed E-state index contributed by atoms with van der Waals surface area (Å²) in [7, 11) is 2.99. The van der Waals surface area contributed by atoms with E-state index >= 15 is 0 Å². The third-order valence-corrected chi connectivity index (χ3v) is 4.65. The molecule has 0 atom stereocenters. The molecule has 0 aliphatic carbocycles. The predicted octanol–water partition coefficient (Wildman–Crippen LogP) is 2.73. The summed E-state index contributed by atoms with van der Waals surface area (Å²) in [6.45, 7) is 1.61. The van der Waals surface area contributed by atoms with Crippen molar-refractivity contribution in [3.8, 4) is 11.5 Å². The van der Waals surface area contributed by atoms with E-state index in [-0.39, 0.29) is 18.1 Å². The standard InChI is InChI=1S/C20H21ClN6O4/c1-11-4-5-12(21)8-15(11)23-17(28)10-27-19(22)18(25-26-27)20(29)24-14-7-6-13(30-2)9-16(14)31-3/h4-9H,10,22H2,1-3H3,(H,23,28)(H,24,29). The van der Waals surface area contributed by atoms with Crippen molar-refractivity contribution in [2.75, 3.05) is 30.6 Å². The van der Waals surface area contributed by atoms with Crippen LogP contribution >= 0.6 is 11.6 Å². The molecule has 3 rings (SSSR count). The molecule has 3 aromatic rings. The van der Waals surface area contributed by atoms with E-state index in [1.165, 1.54) is 14.2 Å². The average Bonchev–Trinajstić information content (AvgIpc) is 3.11. The van der Waals surface area contributed by atoms with E-state index in [0.29, 0.717) is 27.9 Å². The quantitative estimate of drug-likeness (QED) is 0.510. The molecule has 0 unspecified atom stereocenters. The van der Waals surface area contributed by atoms with Gasteiger partial charge >= 0.3 is 0 Å². The lowest BCUT2D eigenvalue weighted by Crippen LogP contribution is -2.22. The second-order valence-electron chi connectivity index (χ2n) is 6.51. The number of rotatable bonds is 7. The Kier molecular flexibility index (Phi) is 6.61. The number of methoxy groups -OCH3 is 2. The molecule has 2 aromatic carbocycles. The van der Waals surface area contributed by atoms with Crippen molar-refractivity contribution in [3.63, 3.8) is 0 Å². The van der Waals surface area contributed by atoms with Crippen molar-refractivity contribution in [3.05, 3.63) is 52.7 Å². The first kappa shape index (κ1) is 21.9. The van der Waals surface area contributed by atoms with Gasteiger partial charge in [-0.3, -0.25) is 9.59 Å². The van der Waals surface area contributed by atoms with Crippen LogP contribution in [0.5, 0.6) is 11.5 Å². The molecule has 0 bridgehead atoms. The molecule has 31 heavy (non-hydrogen) atoms. The van der Waals surface area contributed by atoms with E-state index in [9.17, 15) is 9.59 Å². The second kappa shape index (κ2) is 9.35. The third kappa shape index (κ3) is 5.04. The summed E-state index contributed by atoms with van der Waals surface area (Å²) in [4.78, 5) is 25.0. The van der Waals surface area contributed by atoms with E-state index in [4.69, 9.17) is 26.8 Å². The van der Waals surface area contributed by atoms with Crippen LogP contribution in [-0.4, -0.2) is 41.0 Å². The summed E-state index contributed by atoms with van der Waals surface area (Å²) < 4.78 is 11.5. The number of halogens is 1. The zero-order valence-electron chi connectivity index (χ0n) is 17.1. The number of nitrogen functional groups attached to an aromatic ring is 1. The van der Waals surface area contributed by atoms with E-state index < -0.39 is 11.8 Å². The Morgan fingerprint density at radius 1 is 1.10 bits per heavy atom. The van der Waals surface area contributed by atoms with Crippen LogP contribution in [0, 0.1) is 6.92 Å². The molecule has 0 spiro atoms. The van der Waals surface area contributed by atoms with Gasteiger partial charge in [-0.25, -0.2) is 4.68 Å². The van der Waals surface area contributed by atoms with Crippen LogP contribution in [0.15, 0.2) is 36.4 Å². The van der Waals surface area contributed by atoms with Gasteiger partial charge in [0.15, 0.2) is 11.5 Å². The lowest BCUT2D eigenvalue weighted by molar-refractivity contribution is -0.116. The van der Waals surface area contributed by atoms with Crippen LogP contribution in [0.1, 0.15) is 16.1 Å². The summed E-state index contributed by atoms with van der Waals surface area (Å²) in [5, 5.41) is 13.5. The van der Waals surface area contributed by atoms with Gasteiger partial charge in [-0.2, -0.15) is 0 Å². The Labute approximate surface area is 183 Å². The zero-order chi connectivity index (χ0) is 22.5. The Balaban J connectivity index is 1.71. The Bertz CT molecular complexity index is 1130. The van der Waals surface area contributed by atoms with Crippen LogP contribution in [0.25, 0.3) is 0 Å². The number of carbonyl (C=O) groups is 2. The Morgan fingerprint density at radius 3 is 2.58 bits per heavy atom. The molecule has 1 aromatic heterocycles. The Hall–Kier alpha value is -3.79. The van der Waals surface area contributed by atoms with Crippen LogP contribution in [0.4, 0.5) is 17.2 Å². The minimum atomic E-state index is -0.599. The maximum absolute atomic E-state index is 12.6. The smallest absolute Gasteiger partial charge is 0.280 e. The predicted molar refractivity (Wildman–Crippen MR) is 117 cm³/mol. The molecule has 10 nitrogen and oxygen atoms in total. The first-order valence-corrected chi connectivity index (χ1v) is 9.48. The Morgan fingerprint density at radius 2 is 1.87 bits per heavy atom. The van der Waals surface area contributed by atoms with Gasteiger partial charge in [0.1, 0.15) is 18.0 Å². The van der Waals surface area contributed by atoms with Crippen LogP contribution in [0.3, 0.4) is 0 Å². The van der Waals surface area contributed by atoms with E-state index in [1.807, 2.05) is 6.92 Å². The van der Waals surface area contributed by atoms with Crippen molar-refractivity contribution in [1.82, 2.24) is 15.0 Å². The number of ether oxygens (including phenoxy) is 2. The SMILES string of the molecule is COc1ccc(NC(=O)c2nnn(CC(=O)Nc3cc(Cl)ccc3C)c2N)c(OC)c1. The van der Waals surface area contributed by atoms with Gasteiger partial charge in [0.2, 0.25) is 5.91 Å². The molecule has 0 aliphatic rings. The molecule has 0 aliphatic heterocycles. The molecule has 11 heteroatoms. The number of amides is 2. The fourth-order valence-electron chi connectivity index (χ4n) is 2.74. The van der Waals surface area contributed by atoms with Gasteiger partial charge in [-0.05, 0) is 36.8 Å². The second-order valence-corrected chi connectivity index (χ2v) is 6.95. The van der Waals surface area contributed by atoms with Gasteiger partial charge in [-0.15, -0.1) is 5.10 Å². The molecule has 0 fully saturated rings. The number of hydrogen-bond donors (Lipinski definition) is 3.